The van der Waals surface area contributed by atoms with Gasteiger partial charge in [0.1, 0.15) is 6.04 Å². The zero-order chi connectivity index (χ0) is 18.3. The summed E-state index contributed by atoms with van der Waals surface area (Å²) < 4.78 is 7.66. The van der Waals surface area contributed by atoms with Crippen LogP contribution in [0.5, 0.6) is 0 Å². The number of hydrogen-bond donors (Lipinski definition) is 0. The first-order chi connectivity index (χ1) is 12.6. The van der Waals surface area contributed by atoms with E-state index in [0.29, 0.717) is 5.25 Å². The summed E-state index contributed by atoms with van der Waals surface area (Å²) in [4.78, 5) is 12.2. The van der Waals surface area contributed by atoms with E-state index in [9.17, 15) is 0 Å². The number of pyridine rings is 1. The number of aliphatic imine (C=N–C) groups is 1. The summed E-state index contributed by atoms with van der Waals surface area (Å²) in [5.41, 5.74) is 5.01. The molecule has 0 radical (unpaired) electrons. The van der Waals surface area contributed by atoms with Crippen molar-refractivity contribution in [1.29, 1.82) is 0 Å². The molecule has 5 nitrogen and oxygen atoms in total. The van der Waals surface area contributed by atoms with Crippen molar-refractivity contribution in [3.8, 4) is 0 Å². The van der Waals surface area contributed by atoms with Crippen LogP contribution in [0.1, 0.15) is 41.7 Å². The molecule has 0 aromatic carbocycles. The van der Waals surface area contributed by atoms with Crippen LogP contribution >= 0.6 is 11.8 Å². The molecule has 3 atom stereocenters. The van der Waals surface area contributed by atoms with Crippen LogP contribution in [-0.4, -0.2) is 45.1 Å². The van der Waals surface area contributed by atoms with E-state index in [4.69, 9.17) is 9.73 Å². The summed E-state index contributed by atoms with van der Waals surface area (Å²) in [7, 11) is 1.76. The van der Waals surface area contributed by atoms with E-state index in [2.05, 4.69) is 53.4 Å². The number of aromatic nitrogens is 2. The number of rotatable bonds is 5. The van der Waals surface area contributed by atoms with Gasteiger partial charge in [0.2, 0.25) is 0 Å². The topological polar surface area (TPSA) is 42.6 Å². The molecule has 1 saturated heterocycles. The third-order valence-electron chi connectivity index (χ3n) is 5.33. The molecule has 2 aromatic rings. The van der Waals surface area contributed by atoms with Crippen molar-refractivity contribution >= 4 is 16.9 Å². The molecule has 0 saturated carbocycles. The first-order valence-electron chi connectivity index (χ1n) is 9.17. The number of hydrogen-bond acceptors (Lipinski definition) is 5. The lowest BCUT2D eigenvalue weighted by molar-refractivity contribution is 0.186. The number of ether oxygens (including phenoxy) is 1. The fourth-order valence-corrected chi connectivity index (χ4v) is 5.20. The maximum Gasteiger partial charge on any atom is 0.160 e. The third kappa shape index (κ3) is 2.95. The standard InChI is InChI=1S/C20H26N4OS/c1-13-11-16(15(3)23(13)9-10-25-4)19-18(17-7-5-6-8-21-17)22-20-24(19)12-14(2)26-20/h5-8,11,14,18-19H,9-10,12H2,1-4H3/t14-,18+,19-/m0/s1. The Morgan fingerprint density at radius 1 is 1.31 bits per heavy atom. The van der Waals surface area contributed by atoms with Crippen molar-refractivity contribution in [3.05, 3.63) is 53.1 Å². The summed E-state index contributed by atoms with van der Waals surface area (Å²) in [5.74, 6) is 0. The zero-order valence-corrected chi connectivity index (χ0v) is 16.7. The van der Waals surface area contributed by atoms with E-state index >= 15 is 0 Å². The smallest absolute Gasteiger partial charge is 0.160 e. The largest absolute Gasteiger partial charge is 0.383 e. The maximum absolute atomic E-state index is 5.30. The van der Waals surface area contributed by atoms with Crippen LogP contribution in [0.15, 0.2) is 35.5 Å². The maximum atomic E-state index is 5.30. The lowest BCUT2D eigenvalue weighted by atomic mass is 9.96. The molecule has 0 bridgehead atoms. The van der Waals surface area contributed by atoms with Crippen molar-refractivity contribution in [3.63, 3.8) is 0 Å². The molecule has 0 aliphatic carbocycles. The Labute approximate surface area is 159 Å². The number of thioether (sulfide) groups is 1. The number of methoxy groups -OCH3 is 1. The molecular weight excluding hydrogens is 344 g/mol. The van der Waals surface area contributed by atoms with Crippen LogP contribution in [0.3, 0.4) is 0 Å². The molecule has 0 N–H and O–H groups in total. The van der Waals surface area contributed by atoms with Crippen LogP contribution in [0, 0.1) is 13.8 Å². The Bertz CT molecular complexity index is 817. The Morgan fingerprint density at radius 3 is 2.88 bits per heavy atom. The van der Waals surface area contributed by atoms with Crippen molar-refractivity contribution < 1.29 is 4.74 Å². The molecule has 0 spiro atoms. The second-order valence-electron chi connectivity index (χ2n) is 7.11. The van der Waals surface area contributed by atoms with Crippen LogP contribution in [0.25, 0.3) is 0 Å². The molecule has 4 heterocycles. The highest BCUT2D eigenvalue weighted by Crippen LogP contribution is 2.48. The van der Waals surface area contributed by atoms with Gasteiger partial charge in [-0.2, -0.15) is 0 Å². The van der Waals surface area contributed by atoms with Gasteiger partial charge in [-0.05, 0) is 37.6 Å². The molecule has 1 fully saturated rings. The average Bonchev–Trinajstić information content (AvgIpc) is 3.24. The van der Waals surface area contributed by atoms with Crippen LogP contribution < -0.4 is 0 Å². The minimum absolute atomic E-state index is 0.0579. The minimum Gasteiger partial charge on any atom is -0.383 e. The molecule has 4 rings (SSSR count). The monoisotopic (exact) mass is 370 g/mol. The fraction of sp³-hybridized carbons (Fsp3) is 0.500. The average molecular weight is 371 g/mol. The predicted molar refractivity (Wildman–Crippen MR) is 107 cm³/mol. The van der Waals surface area contributed by atoms with Gasteiger partial charge in [-0.15, -0.1) is 0 Å². The first kappa shape index (κ1) is 17.6. The molecule has 0 amide bonds. The first-order valence-corrected chi connectivity index (χ1v) is 10.1. The Hall–Kier alpha value is -1.79. The van der Waals surface area contributed by atoms with Crippen molar-refractivity contribution in [1.82, 2.24) is 14.5 Å². The summed E-state index contributed by atoms with van der Waals surface area (Å²) >= 11 is 1.89. The van der Waals surface area contributed by atoms with Crippen molar-refractivity contribution in [2.45, 2.75) is 44.6 Å². The second-order valence-corrected chi connectivity index (χ2v) is 8.51. The molecule has 2 aliphatic heterocycles. The van der Waals surface area contributed by atoms with E-state index in [-0.39, 0.29) is 12.1 Å². The van der Waals surface area contributed by atoms with Gasteiger partial charge in [0.15, 0.2) is 5.17 Å². The van der Waals surface area contributed by atoms with E-state index < -0.39 is 0 Å². The predicted octanol–water partition coefficient (Wildman–Crippen LogP) is 3.74. The van der Waals surface area contributed by atoms with Gasteiger partial charge < -0.3 is 14.2 Å². The minimum atomic E-state index is 0.0579. The molecular formula is C20H26N4OS. The number of nitrogens with zero attached hydrogens (tertiary/aromatic N) is 4. The van der Waals surface area contributed by atoms with Gasteiger partial charge in [0.25, 0.3) is 0 Å². The van der Waals surface area contributed by atoms with Gasteiger partial charge in [-0.3, -0.25) is 9.98 Å². The van der Waals surface area contributed by atoms with Crippen molar-refractivity contribution in [2.75, 3.05) is 20.3 Å². The van der Waals surface area contributed by atoms with Crippen molar-refractivity contribution in [2.24, 2.45) is 4.99 Å². The highest BCUT2D eigenvalue weighted by atomic mass is 32.2. The summed E-state index contributed by atoms with van der Waals surface area (Å²) in [6, 6.07) is 8.73. The molecule has 0 unspecified atom stereocenters. The SMILES string of the molecule is COCCn1c(C)cc([C@H]2[C@@H](c3ccccn3)N=C3S[C@@H](C)CN32)c1C. The highest BCUT2D eigenvalue weighted by molar-refractivity contribution is 8.14. The van der Waals surface area contributed by atoms with E-state index in [1.807, 2.05) is 24.0 Å². The Balaban J connectivity index is 1.75. The molecule has 26 heavy (non-hydrogen) atoms. The zero-order valence-electron chi connectivity index (χ0n) is 15.8. The summed E-state index contributed by atoms with van der Waals surface area (Å²) in [6.07, 6.45) is 1.87. The number of fused-ring (bicyclic) bond motifs is 1. The van der Waals surface area contributed by atoms with Gasteiger partial charge in [0, 0.05) is 43.0 Å². The molecule has 2 aliphatic rings. The summed E-state index contributed by atoms with van der Waals surface area (Å²) in [5, 5.41) is 1.75. The van der Waals surface area contributed by atoms with Gasteiger partial charge in [-0.25, -0.2) is 0 Å². The van der Waals surface area contributed by atoms with E-state index in [1.54, 1.807) is 7.11 Å². The van der Waals surface area contributed by atoms with E-state index in [0.717, 1.165) is 25.4 Å². The van der Waals surface area contributed by atoms with Gasteiger partial charge in [0.05, 0.1) is 18.3 Å². The third-order valence-corrected chi connectivity index (χ3v) is 6.43. The second kappa shape index (κ2) is 7.08. The van der Waals surface area contributed by atoms with Crippen LogP contribution in [0.2, 0.25) is 0 Å². The fourth-order valence-electron chi connectivity index (χ4n) is 4.11. The molecule has 138 valence electrons. The normalized spacial score (nSPS) is 24.8. The molecule has 6 heteroatoms. The Kier molecular flexibility index (Phi) is 4.80. The lowest BCUT2D eigenvalue weighted by Crippen LogP contribution is -2.29. The Morgan fingerprint density at radius 2 is 2.15 bits per heavy atom. The molecule has 2 aromatic heterocycles. The van der Waals surface area contributed by atoms with Crippen LogP contribution in [-0.2, 0) is 11.3 Å². The number of aryl methyl sites for hydroxylation is 1. The van der Waals surface area contributed by atoms with Gasteiger partial charge >= 0.3 is 0 Å². The quantitative estimate of drug-likeness (QED) is 0.804. The van der Waals surface area contributed by atoms with Gasteiger partial charge in [-0.1, -0.05) is 24.8 Å². The number of amidine groups is 1. The van der Waals surface area contributed by atoms with Crippen LogP contribution in [0.4, 0.5) is 0 Å². The lowest BCUT2D eigenvalue weighted by Gasteiger charge is -2.27. The van der Waals surface area contributed by atoms with E-state index in [1.165, 1.54) is 22.1 Å². The summed E-state index contributed by atoms with van der Waals surface area (Å²) in [6.45, 7) is 9.33. The highest BCUT2D eigenvalue weighted by Gasteiger charge is 2.44.